The molecule has 1 aromatic carbocycles. The van der Waals surface area contributed by atoms with Crippen molar-refractivity contribution in [2.75, 3.05) is 14.1 Å². The smallest absolute Gasteiger partial charge is 0.242 e. The van der Waals surface area contributed by atoms with Crippen LogP contribution in [-0.2, 0) is 28.3 Å². The molecule has 0 bridgehead atoms. The molecule has 0 radical (unpaired) electrons. The Hall–Kier alpha value is -1.93. The van der Waals surface area contributed by atoms with Crippen LogP contribution in [0.4, 0.5) is 0 Å². The van der Waals surface area contributed by atoms with Crippen molar-refractivity contribution in [2.45, 2.75) is 44.0 Å². The van der Waals surface area contributed by atoms with E-state index in [1.807, 2.05) is 32.4 Å². The average Bonchev–Trinajstić information content (AvgIpc) is 2.79. The largest absolute Gasteiger partial charge is 0.351 e. The van der Waals surface area contributed by atoms with E-state index < -0.39 is 10.0 Å². The highest BCUT2D eigenvalue weighted by Gasteiger charge is 2.19. The Morgan fingerprint density at radius 1 is 1.28 bits per heavy atom. The van der Waals surface area contributed by atoms with Gasteiger partial charge in [0.25, 0.3) is 0 Å². The summed E-state index contributed by atoms with van der Waals surface area (Å²) < 4.78 is 27.6. The lowest BCUT2D eigenvalue weighted by atomic mass is 10.1. The van der Waals surface area contributed by atoms with Crippen molar-refractivity contribution in [3.8, 4) is 0 Å². The number of fused-ring (bicyclic) bond motifs is 1. The molecule has 1 amide bonds. The fourth-order valence-electron chi connectivity index (χ4n) is 2.53. The van der Waals surface area contributed by atoms with Crippen molar-refractivity contribution in [2.24, 2.45) is 7.05 Å². The van der Waals surface area contributed by atoms with Crippen LogP contribution in [0.2, 0.25) is 0 Å². The molecule has 0 saturated carbocycles. The summed E-state index contributed by atoms with van der Waals surface area (Å²) in [4.78, 5) is 16.7. The standard InChI is InChI=1S/C17H26N4O3S/c1-17(2,3)19-16(22)10-9-15-18-13-11-12(25(23,24)20(4)5)7-8-14(13)21(15)6/h7-8,11H,9-10H2,1-6H3,(H,19,22). The number of aryl methyl sites for hydroxylation is 2. The Kier molecular flexibility index (Phi) is 5.24. The third-order valence-electron chi connectivity index (χ3n) is 3.81. The lowest BCUT2D eigenvalue weighted by molar-refractivity contribution is -0.122. The van der Waals surface area contributed by atoms with Crippen molar-refractivity contribution in [3.05, 3.63) is 24.0 Å². The number of carbonyl (C=O) groups is 1. The summed E-state index contributed by atoms with van der Waals surface area (Å²) in [5.74, 6) is 0.717. The van der Waals surface area contributed by atoms with Gasteiger partial charge in [-0.3, -0.25) is 4.79 Å². The molecule has 25 heavy (non-hydrogen) atoms. The molecule has 0 spiro atoms. The summed E-state index contributed by atoms with van der Waals surface area (Å²) in [5.41, 5.74) is 1.18. The number of hydrogen-bond acceptors (Lipinski definition) is 4. The van der Waals surface area contributed by atoms with Crippen molar-refractivity contribution in [3.63, 3.8) is 0 Å². The van der Waals surface area contributed by atoms with Gasteiger partial charge in [-0.1, -0.05) is 0 Å². The van der Waals surface area contributed by atoms with Gasteiger partial charge in [-0.05, 0) is 39.0 Å². The van der Waals surface area contributed by atoms with E-state index in [1.54, 1.807) is 18.2 Å². The highest BCUT2D eigenvalue weighted by Crippen LogP contribution is 2.21. The predicted octanol–water partition coefficient (Wildman–Crippen LogP) is 1.67. The minimum atomic E-state index is -3.50. The van der Waals surface area contributed by atoms with E-state index in [0.29, 0.717) is 18.4 Å². The van der Waals surface area contributed by atoms with Crippen LogP contribution in [0.5, 0.6) is 0 Å². The van der Waals surface area contributed by atoms with Crippen LogP contribution in [-0.4, -0.2) is 47.8 Å². The Morgan fingerprint density at radius 2 is 1.92 bits per heavy atom. The Morgan fingerprint density at radius 3 is 2.48 bits per heavy atom. The van der Waals surface area contributed by atoms with Crippen LogP contribution in [0, 0.1) is 0 Å². The third-order valence-corrected chi connectivity index (χ3v) is 5.62. The van der Waals surface area contributed by atoms with Crippen molar-refractivity contribution < 1.29 is 13.2 Å². The lowest BCUT2D eigenvalue weighted by Crippen LogP contribution is -2.40. The van der Waals surface area contributed by atoms with Gasteiger partial charge in [-0.15, -0.1) is 0 Å². The minimum absolute atomic E-state index is 0.0320. The van der Waals surface area contributed by atoms with Gasteiger partial charge < -0.3 is 9.88 Å². The van der Waals surface area contributed by atoms with Crippen LogP contribution in [0.15, 0.2) is 23.1 Å². The van der Waals surface area contributed by atoms with E-state index in [1.165, 1.54) is 18.4 Å². The fourth-order valence-corrected chi connectivity index (χ4v) is 3.45. The summed E-state index contributed by atoms with van der Waals surface area (Å²) >= 11 is 0. The Balaban J connectivity index is 2.26. The first-order chi connectivity index (χ1) is 11.4. The van der Waals surface area contributed by atoms with Gasteiger partial charge in [0.1, 0.15) is 5.82 Å². The lowest BCUT2D eigenvalue weighted by Gasteiger charge is -2.20. The third kappa shape index (κ3) is 4.38. The summed E-state index contributed by atoms with van der Waals surface area (Å²) in [6.45, 7) is 5.81. The zero-order valence-corrected chi connectivity index (χ0v) is 16.4. The van der Waals surface area contributed by atoms with Crippen LogP contribution in [0.25, 0.3) is 11.0 Å². The number of amides is 1. The highest BCUT2D eigenvalue weighted by molar-refractivity contribution is 7.89. The van der Waals surface area contributed by atoms with Crippen LogP contribution in [0.1, 0.15) is 33.0 Å². The summed E-state index contributed by atoms with van der Waals surface area (Å²) in [5, 5.41) is 2.92. The molecular formula is C17H26N4O3S. The Bertz CT molecular complexity index is 892. The van der Waals surface area contributed by atoms with Crippen LogP contribution in [0.3, 0.4) is 0 Å². The van der Waals surface area contributed by atoms with Crippen molar-refractivity contribution in [1.82, 2.24) is 19.2 Å². The molecule has 0 unspecified atom stereocenters. The molecule has 2 rings (SSSR count). The number of benzene rings is 1. The first-order valence-corrected chi connectivity index (χ1v) is 9.55. The van der Waals surface area contributed by atoms with E-state index >= 15 is 0 Å². The molecule has 0 aliphatic rings. The topological polar surface area (TPSA) is 84.3 Å². The summed E-state index contributed by atoms with van der Waals surface area (Å²) in [6.07, 6.45) is 0.820. The molecule has 0 aliphatic heterocycles. The van der Waals surface area contributed by atoms with Crippen LogP contribution >= 0.6 is 0 Å². The highest BCUT2D eigenvalue weighted by atomic mass is 32.2. The molecule has 0 atom stereocenters. The average molecular weight is 366 g/mol. The van der Waals surface area contributed by atoms with E-state index in [-0.39, 0.29) is 16.3 Å². The van der Waals surface area contributed by atoms with Gasteiger partial charge in [0, 0.05) is 39.5 Å². The fraction of sp³-hybridized carbons (Fsp3) is 0.529. The number of aromatic nitrogens is 2. The number of nitrogens with one attached hydrogen (secondary N) is 1. The number of carbonyl (C=O) groups excluding carboxylic acids is 1. The normalized spacial score (nSPS) is 12.8. The predicted molar refractivity (Wildman–Crippen MR) is 97.8 cm³/mol. The number of sulfonamides is 1. The molecule has 2 aromatic rings. The molecule has 7 nitrogen and oxygen atoms in total. The maximum atomic E-state index is 12.3. The van der Waals surface area contributed by atoms with Crippen molar-refractivity contribution >= 4 is 27.0 Å². The number of nitrogens with zero attached hydrogens (tertiary/aromatic N) is 3. The maximum absolute atomic E-state index is 12.3. The van der Waals surface area contributed by atoms with Gasteiger partial charge >= 0.3 is 0 Å². The molecular weight excluding hydrogens is 340 g/mol. The zero-order chi connectivity index (χ0) is 19.0. The first-order valence-electron chi connectivity index (χ1n) is 8.11. The molecule has 1 aromatic heterocycles. The second-order valence-corrected chi connectivity index (χ2v) is 9.48. The van der Waals surface area contributed by atoms with Crippen molar-refractivity contribution in [1.29, 1.82) is 0 Å². The summed E-state index contributed by atoms with van der Waals surface area (Å²) in [6, 6.07) is 4.90. The van der Waals surface area contributed by atoms with Gasteiger partial charge in [0.15, 0.2) is 0 Å². The van der Waals surface area contributed by atoms with Gasteiger partial charge in [0.05, 0.1) is 15.9 Å². The quantitative estimate of drug-likeness (QED) is 0.872. The molecule has 0 saturated heterocycles. The maximum Gasteiger partial charge on any atom is 0.242 e. The van der Waals surface area contributed by atoms with Crippen LogP contribution < -0.4 is 5.32 Å². The van der Waals surface area contributed by atoms with E-state index in [9.17, 15) is 13.2 Å². The number of hydrogen-bond donors (Lipinski definition) is 1. The molecule has 1 heterocycles. The van der Waals surface area contributed by atoms with Gasteiger partial charge in [0.2, 0.25) is 15.9 Å². The zero-order valence-electron chi connectivity index (χ0n) is 15.6. The second-order valence-electron chi connectivity index (χ2n) is 7.32. The molecule has 138 valence electrons. The monoisotopic (exact) mass is 366 g/mol. The number of imidazole rings is 1. The van der Waals surface area contributed by atoms with Gasteiger partial charge in [-0.2, -0.15) is 0 Å². The number of rotatable bonds is 5. The minimum Gasteiger partial charge on any atom is -0.351 e. The van der Waals surface area contributed by atoms with E-state index in [2.05, 4.69) is 10.3 Å². The van der Waals surface area contributed by atoms with E-state index in [4.69, 9.17) is 0 Å². The SMILES string of the molecule is CN(C)S(=O)(=O)c1ccc2c(c1)nc(CCC(=O)NC(C)(C)C)n2C. The molecule has 1 N–H and O–H groups in total. The molecule has 0 aliphatic carbocycles. The first kappa shape index (κ1) is 19.4. The molecule has 8 heteroatoms. The van der Waals surface area contributed by atoms with E-state index in [0.717, 1.165) is 11.3 Å². The Labute approximate surface area is 149 Å². The molecule has 0 fully saturated rings. The summed E-state index contributed by atoms with van der Waals surface area (Å²) in [7, 11) is 1.36. The van der Waals surface area contributed by atoms with Gasteiger partial charge in [-0.25, -0.2) is 17.7 Å². The second kappa shape index (κ2) is 6.76.